The summed E-state index contributed by atoms with van der Waals surface area (Å²) in [4.78, 5) is 36.4. The van der Waals surface area contributed by atoms with Crippen LogP contribution in [0.25, 0.3) is 0 Å². The molecule has 0 bridgehead atoms. The molecule has 1 fully saturated rings. The van der Waals surface area contributed by atoms with Gasteiger partial charge in [-0.15, -0.1) is 0 Å². The Morgan fingerprint density at radius 2 is 1.64 bits per heavy atom. The number of urea groups is 1. The van der Waals surface area contributed by atoms with Gasteiger partial charge >= 0.3 is 12.0 Å². The second-order valence-corrected chi connectivity index (χ2v) is 8.29. The summed E-state index contributed by atoms with van der Waals surface area (Å²) in [6, 6.07) is 17.4. The second-order valence-electron chi connectivity index (χ2n) is 8.29. The lowest BCUT2D eigenvalue weighted by atomic mass is 10.2. The minimum absolute atomic E-state index is 0.0398. The topological polar surface area (TPSA) is 147 Å². The molecule has 184 valence electrons. The summed E-state index contributed by atoms with van der Waals surface area (Å²) >= 11 is 0. The highest BCUT2D eigenvalue weighted by Crippen LogP contribution is 2.23. The predicted molar refractivity (Wildman–Crippen MR) is 137 cm³/mol. The number of carboxylic acid groups (broad SMARTS) is 1. The monoisotopic (exact) mass is 486 g/mol. The van der Waals surface area contributed by atoms with Crippen LogP contribution in [0.1, 0.15) is 11.4 Å². The number of rotatable bonds is 7. The van der Waals surface area contributed by atoms with Gasteiger partial charge < -0.3 is 26.0 Å². The Hall–Kier alpha value is -4.69. The fourth-order valence-electron chi connectivity index (χ4n) is 3.89. The van der Waals surface area contributed by atoms with E-state index in [-0.39, 0.29) is 6.54 Å². The first kappa shape index (κ1) is 24.4. The van der Waals surface area contributed by atoms with Crippen LogP contribution in [-0.2, 0) is 4.79 Å². The number of carbonyl (C=O) groups is 2. The van der Waals surface area contributed by atoms with E-state index in [2.05, 4.69) is 30.8 Å². The van der Waals surface area contributed by atoms with Crippen LogP contribution in [0.15, 0.2) is 54.6 Å². The molecule has 3 aromatic rings. The van der Waals surface area contributed by atoms with Crippen molar-refractivity contribution >= 4 is 40.7 Å². The molecule has 0 radical (unpaired) electrons. The Labute approximate surface area is 208 Å². The molecule has 1 aromatic heterocycles. The molecule has 4 N–H and O–H groups in total. The first-order valence-corrected chi connectivity index (χ1v) is 11.4. The van der Waals surface area contributed by atoms with Crippen LogP contribution in [0.2, 0.25) is 0 Å². The van der Waals surface area contributed by atoms with Crippen molar-refractivity contribution in [3.63, 3.8) is 0 Å². The summed E-state index contributed by atoms with van der Waals surface area (Å²) in [5.41, 5.74) is 2.29. The summed E-state index contributed by atoms with van der Waals surface area (Å²) in [6.45, 7) is 4.50. The van der Waals surface area contributed by atoms with Crippen LogP contribution in [0.5, 0.6) is 0 Å². The molecule has 0 saturated carbocycles. The normalized spacial score (nSPS) is 13.5. The number of carboxylic acids is 1. The highest BCUT2D eigenvalue weighted by atomic mass is 16.4. The number of benzene rings is 2. The number of anilines is 5. The maximum atomic E-state index is 12.4. The number of nitrogens with zero attached hydrogens (tertiary/aromatic N) is 5. The molecule has 11 nitrogen and oxygen atoms in total. The Morgan fingerprint density at radius 3 is 2.33 bits per heavy atom. The van der Waals surface area contributed by atoms with Gasteiger partial charge in [-0.05, 0) is 43.3 Å². The fraction of sp³-hybridized carbons (Fsp3) is 0.240. The zero-order valence-corrected chi connectivity index (χ0v) is 19.7. The molecule has 0 spiro atoms. The molecule has 0 unspecified atom stereocenters. The van der Waals surface area contributed by atoms with Gasteiger partial charge in [0.15, 0.2) is 0 Å². The standard InChI is InChI=1S/C25H26N8O3/c1-17-27-22(14-23(28-17)33-10-8-32(9-11-33)16-24(34)35)29-20-6-3-7-21(13-20)31-25(36)30-19-5-2-4-18(12-19)15-26/h2-7,12-14H,8-11,16H2,1H3,(H,34,35)(H,27,28,29)(H2,30,31,36). The van der Waals surface area contributed by atoms with Crippen molar-refractivity contribution in [2.75, 3.05) is 53.6 Å². The van der Waals surface area contributed by atoms with Gasteiger partial charge in [0.05, 0.1) is 18.2 Å². The highest BCUT2D eigenvalue weighted by molar-refractivity contribution is 6.00. The van der Waals surface area contributed by atoms with Crippen molar-refractivity contribution in [2.24, 2.45) is 0 Å². The molecule has 0 aliphatic carbocycles. The third-order valence-corrected chi connectivity index (χ3v) is 5.52. The zero-order valence-electron chi connectivity index (χ0n) is 19.7. The Balaban J connectivity index is 1.39. The van der Waals surface area contributed by atoms with E-state index in [9.17, 15) is 9.59 Å². The van der Waals surface area contributed by atoms with Gasteiger partial charge in [-0.3, -0.25) is 9.69 Å². The second kappa shape index (κ2) is 11.2. The van der Waals surface area contributed by atoms with Gasteiger partial charge in [0.25, 0.3) is 0 Å². The van der Waals surface area contributed by atoms with Gasteiger partial charge in [0, 0.05) is 49.3 Å². The number of nitriles is 1. The predicted octanol–water partition coefficient (Wildman–Crippen LogP) is 3.25. The van der Waals surface area contributed by atoms with Crippen molar-refractivity contribution in [3.05, 3.63) is 66.0 Å². The van der Waals surface area contributed by atoms with E-state index in [4.69, 9.17) is 10.4 Å². The number of hydrogen-bond donors (Lipinski definition) is 4. The fourth-order valence-corrected chi connectivity index (χ4v) is 3.89. The Morgan fingerprint density at radius 1 is 0.972 bits per heavy atom. The SMILES string of the molecule is Cc1nc(Nc2cccc(NC(=O)Nc3cccc(C#N)c3)c2)cc(N2CCN(CC(=O)O)CC2)n1. The number of amides is 2. The van der Waals surface area contributed by atoms with Crippen molar-refractivity contribution in [3.8, 4) is 6.07 Å². The summed E-state index contributed by atoms with van der Waals surface area (Å²) in [6.07, 6.45) is 0. The number of aromatic nitrogens is 2. The average Bonchev–Trinajstić information content (AvgIpc) is 2.84. The minimum atomic E-state index is -0.824. The van der Waals surface area contributed by atoms with Gasteiger partial charge in [-0.1, -0.05) is 12.1 Å². The van der Waals surface area contributed by atoms with E-state index in [1.807, 2.05) is 36.1 Å². The van der Waals surface area contributed by atoms with E-state index in [1.165, 1.54) is 0 Å². The van der Waals surface area contributed by atoms with Gasteiger partial charge in [-0.25, -0.2) is 14.8 Å². The lowest BCUT2D eigenvalue weighted by Crippen LogP contribution is -2.48. The summed E-state index contributed by atoms with van der Waals surface area (Å²) in [5.74, 6) is 1.17. The molecule has 2 amide bonds. The number of carbonyl (C=O) groups excluding carboxylic acids is 1. The summed E-state index contributed by atoms with van der Waals surface area (Å²) in [7, 11) is 0. The van der Waals surface area contributed by atoms with Crippen molar-refractivity contribution in [1.29, 1.82) is 5.26 Å². The molecular weight excluding hydrogens is 460 g/mol. The van der Waals surface area contributed by atoms with E-state index >= 15 is 0 Å². The molecule has 36 heavy (non-hydrogen) atoms. The first-order valence-electron chi connectivity index (χ1n) is 11.4. The van der Waals surface area contributed by atoms with Crippen LogP contribution in [-0.4, -0.2) is 64.7 Å². The molecule has 2 heterocycles. The number of aryl methyl sites for hydroxylation is 1. The summed E-state index contributed by atoms with van der Waals surface area (Å²) < 4.78 is 0. The van der Waals surface area contributed by atoms with E-state index in [1.54, 1.807) is 36.4 Å². The maximum absolute atomic E-state index is 12.4. The number of nitrogens with one attached hydrogen (secondary N) is 3. The van der Waals surface area contributed by atoms with Gasteiger partial charge in [0.1, 0.15) is 17.5 Å². The summed E-state index contributed by atoms with van der Waals surface area (Å²) in [5, 5.41) is 26.8. The first-order chi connectivity index (χ1) is 17.4. The largest absolute Gasteiger partial charge is 0.480 e. The lowest BCUT2D eigenvalue weighted by Gasteiger charge is -2.34. The van der Waals surface area contributed by atoms with Crippen LogP contribution >= 0.6 is 0 Å². The smallest absolute Gasteiger partial charge is 0.323 e. The van der Waals surface area contributed by atoms with Crippen molar-refractivity contribution < 1.29 is 14.7 Å². The van der Waals surface area contributed by atoms with E-state index in [0.29, 0.717) is 54.8 Å². The third-order valence-electron chi connectivity index (χ3n) is 5.52. The average molecular weight is 487 g/mol. The van der Waals surface area contributed by atoms with Gasteiger partial charge in [0.2, 0.25) is 0 Å². The van der Waals surface area contributed by atoms with Crippen LogP contribution in [0, 0.1) is 18.3 Å². The van der Waals surface area contributed by atoms with Crippen LogP contribution < -0.4 is 20.9 Å². The van der Waals surface area contributed by atoms with Gasteiger partial charge in [-0.2, -0.15) is 5.26 Å². The van der Waals surface area contributed by atoms with Crippen LogP contribution in [0.4, 0.5) is 33.5 Å². The number of aliphatic carboxylic acids is 1. The minimum Gasteiger partial charge on any atom is -0.480 e. The Kier molecular flexibility index (Phi) is 7.57. The molecule has 2 aromatic carbocycles. The number of hydrogen-bond acceptors (Lipinski definition) is 8. The lowest BCUT2D eigenvalue weighted by molar-refractivity contribution is -0.138. The van der Waals surface area contributed by atoms with Crippen molar-refractivity contribution in [2.45, 2.75) is 6.92 Å². The van der Waals surface area contributed by atoms with E-state index < -0.39 is 12.0 Å². The third kappa shape index (κ3) is 6.68. The van der Waals surface area contributed by atoms with Crippen molar-refractivity contribution in [1.82, 2.24) is 14.9 Å². The Bertz CT molecular complexity index is 1300. The molecule has 4 rings (SSSR count). The molecular formula is C25H26N8O3. The molecule has 1 saturated heterocycles. The van der Waals surface area contributed by atoms with E-state index in [0.717, 1.165) is 11.5 Å². The maximum Gasteiger partial charge on any atom is 0.323 e. The zero-order chi connectivity index (χ0) is 25.5. The molecule has 11 heteroatoms. The van der Waals surface area contributed by atoms with Crippen LogP contribution in [0.3, 0.4) is 0 Å². The molecule has 0 atom stereocenters. The molecule has 1 aliphatic rings. The quantitative estimate of drug-likeness (QED) is 0.395. The highest BCUT2D eigenvalue weighted by Gasteiger charge is 2.20. The number of piperazine rings is 1. The molecule has 1 aliphatic heterocycles.